The number of hydrogen-bond acceptors (Lipinski definition) is 22. The first-order valence-electron chi connectivity index (χ1n) is 23.5. The molecule has 36 heteroatoms. The minimum Gasteiger partial charge on any atom is -0.744 e. The summed E-state index contributed by atoms with van der Waals surface area (Å²) >= 11 is 11.7. The molecule has 0 atom stereocenters. The smallest absolute Gasteiger partial charge is 0.744 e. The van der Waals surface area contributed by atoms with Gasteiger partial charge >= 0.3 is 59.1 Å². The molecule has 8 aromatic rings. The molecule has 0 spiro atoms. The number of halogens is 6. The number of nitrogens with one attached hydrogen (secondary N) is 4. The van der Waals surface area contributed by atoms with Crippen LogP contribution >= 0.6 is 23.2 Å². The van der Waals surface area contributed by atoms with Crippen LogP contribution in [0.5, 0.6) is 0 Å². The molecule has 0 amide bonds. The number of rotatable bonds is 12. The Morgan fingerprint density at radius 3 is 0.966 bits per heavy atom. The van der Waals surface area contributed by atoms with E-state index in [2.05, 4.69) is 31.2 Å². The van der Waals surface area contributed by atoms with Crippen LogP contribution in [0.1, 0.15) is 74.8 Å². The SMILES string of the molecule is Cc1c(Nc2cc(F)nc(F)c2Cl)cc(S(=O)(=O)O)cc1Nc1cc(S(=O)(=O)[O-])c(N)c2c1C(=O)c1ccccc1C2=O.Cc1c(Nc2cc(F)nc(F)c2Cl)cc(S(=O)(=O)O)cc1Nc1cc(S(=O)(=O)[O-])c(N)c2c1C(=O)c1ccccc1C2=O.[Na+].[Na+]. The van der Waals surface area contributed by atoms with E-state index in [9.17, 15) is 88.6 Å². The van der Waals surface area contributed by atoms with E-state index in [1.54, 1.807) is 0 Å². The summed E-state index contributed by atoms with van der Waals surface area (Å²) in [4.78, 5) is 56.2. The summed E-state index contributed by atoms with van der Waals surface area (Å²) < 4.78 is 196. The Morgan fingerprint density at radius 2 is 0.705 bits per heavy atom. The second-order valence-electron chi connectivity index (χ2n) is 18.4. The van der Waals surface area contributed by atoms with E-state index >= 15 is 0 Å². The topological polar surface area (TPSA) is 417 Å². The molecule has 6 aromatic carbocycles. The first-order chi connectivity index (χ1) is 40.0. The van der Waals surface area contributed by atoms with Gasteiger partial charge in [0.15, 0.2) is 23.1 Å². The molecule has 2 heterocycles. The number of carbonyl (C=O) groups is 4. The van der Waals surface area contributed by atoms with Gasteiger partial charge in [-0.2, -0.15) is 44.4 Å². The normalized spacial score (nSPS) is 12.7. The van der Waals surface area contributed by atoms with Crippen LogP contribution in [-0.2, 0) is 40.5 Å². The Bertz CT molecular complexity index is 4600. The number of nitrogen functional groups attached to an aromatic ring is 2. The van der Waals surface area contributed by atoms with Crippen LogP contribution in [-0.4, -0.2) is 85.0 Å². The monoisotopic (exact) mass is 1340 g/mol. The number of nitrogens with two attached hydrogens (primary N) is 2. The summed E-state index contributed by atoms with van der Waals surface area (Å²) in [5.74, 6) is -8.54. The predicted octanol–water partition coefficient (Wildman–Crippen LogP) is 2.64. The first kappa shape index (κ1) is 68.5. The van der Waals surface area contributed by atoms with Crippen molar-refractivity contribution < 1.29 is 148 Å². The van der Waals surface area contributed by atoms with E-state index in [0.29, 0.717) is 24.3 Å². The Balaban J connectivity index is 0.000000245. The van der Waals surface area contributed by atoms with E-state index in [-0.39, 0.29) is 127 Å². The van der Waals surface area contributed by atoms with Gasteiger partial charge in [0.25, 0.3) is 20.2 Å². The molecule has 0 aliphatic heterocycles. The number of ketones is 4. The zero-order chi connectivity index (χ0) is 63.2. The number of carbonyl (C=O) groups excluding carboxylic acids is 4. The van der Waals surface area contributed by atoms with Crippen molar-refractivity contribution in [2.24, 2.45) is 0 Å². The Morgan fingerprint density at radius 1 is 0.443 bits per heavy atom. The average Bonchev–Trinajstić information content (AvgIpc) is 0.808. The van der Waals surface area contributed by atoms with Gasteiger partial charge in [-0.1, -0.05) is 71.7 Å². The maximum absolute atomic E-state index is 14.0. The van der Waals surface area contributed by atoms with Crippen LogP contribution in [0, 0.1) is 37.6 Å². The van der Waals surface area contributed by atoms with Crippen molar-refractivity contribution >= 4 is 144 Å². The van der Waals surface area contributed by atoms with Crippen LogP contribution in [0.3, 0.4) is 0 Å². The number of anilines is 10. The van der Waals surface area contributed by atoms with Crippen LogP contribution in [0.4, 0.5) is 74.4 Å². The molecule has 0 fully saturated rings. The van der Waals surface area contributed by atoms with Gasteiger partial charge in [-0.05, 0) is 61.4 Å². The average molecular weight is 1350 g/mol. The summed E-state index contributed by atoms with van der Waals surface area (Å²) in [5, 5.41) is 9.08. The van der Waals surface area contributed by atoms with Gasteiger partial charge in [0.1, 0.15) is 30.3 Å². The molecule has 10 N–H and O–H groups in total. The molecular weight excluding hydrogens is 1310 g/mol. The zero-order valence-electron chi connectivity index (χ0n) is 44.8. The Hall–Kier alpha value is -6.96. The Kier molecular flexibility index (Phi) is 19.6. The molecule has 0 saturated heterocycles. The van der Waals surface area contributed by atoms with Gasteiger partial charge in [-0.15, -0.1) is 0 Å². The molecule has 2 aliphatic carbocycles. The number of pyridine rings is 2. The third-order valence-corrected chi connectivity index (χ3v) is 17.3. The minimum absolute atomic E-state index is 0. The maximum Gasteiger partial charge on any atom is 1.00 e. The van der Waals surface area contributed by atoms with Crippen molar-refractivity contribution in [2.75, 3.05) is 32.7 Å². The fourth-order valence-electron chi connectivity index (χ4n) is 9.09. The quantitative estimate of drug-likeness (QED) is 0.0286. The van der Waals surface area contributed by atoms with Crippen molar-refractivity contribution in [3.05, 3.63) is 187 Å². The van der Waals surface area contributed by atoms with Crippen molar-refractivity contribution in [1.29, 1.82) is 0 Å². The van der Waals surface area contributed by atoms with E-state index in [4.69, 9.17) is 34.7 Å². The van der Waals surface area contributed by atoms with Gasteiger partial charge in [0.2, 0.25) is 23.8 Å². The van der Waals surface area contributed by atoms with Gasteiger partial charge in [0, 0.05) is 57.1 Å². The van der Waals surface area contributed by atoms with Crippen molar-refractivity contribution in [3.63, 3.8) is 0 Å². The molecule has 0 radical (unpaired) electrons. The molecule has 0 unspecified atom stereocenters. The summed E-state index contributed by atoms with van der Waals surface area (Å²) in [7, 11) is -20.5. The third-order valence-electron chi connectivity index (χ3n) is 13.1. The van der Waals surface area contributed by atoms with E-state index in [1.165, 1.54) is 62.4 Å². The molecule has 10 rings (SSSR count). The third kappa shape index (κ3) is 13.2. The summed E-state index contributed by atoms with van der Waals surface area (Å²) in [6.45, 7) is 2.75. The molecule has 0 bridgehead atoms. The molecule has 24 nitrogen and oxygen atoms in total. The minimum atomic E-state index is -5.32. The molecule has 444 valence electrons. The molecule has 2 aliphatic rings. The fraction of sp³-hybridized carbons (Fsp3) is 0.0385. The van der Waals surface area contributed by atoms with Gasteiger partial charge in [-0.25, -0.2) is 16.8 Å². The number of nitrogens with zero attached hydrogens (tertiary/aromatic N) is 2. The molecule has 2 aromatic heterocycles. The van der Waals surface area contributed by atoms with Gasteiger partial charge < -0.3 is 41.8 Å². The standard InChI is InChI=1S/2C26H17ClF2N4O8S2.2Na/c2*1-10-14(6-11(42(36,37)38)7-15(10)32-17-9-19(28)33-26(29)22(17)27)31-16-8-18(43(39,40)41)23(30)21-20(16)24(34)12-4-2-3-5-13(12)25(21)35;;/h2*2-9,31H,30H2,1H3,(H,32,33)(H,36,37,38)(H,39,40,41);;/q;;2*+1/p-2. The summed E-state index contributed by atoms with van der Waals surface area (Å²) in [5.41, 5.74) is 5.84. The Labute approximate surface area is 549 Å². The van der Waals surface area contributed by atoms with E-state index in [0.717, 1.165) is 24.3 Å². The molecule has 88 heavy (non-hydrogen) atoms. The zero-order valence-corrected chi connectivity index (χ0v) is 53.6. The van der Waals surface area contributed by atoms with Gasteiger partial charge in [0.05, 0.1) is 76.0 Å². The van der Waals surface area contributed by atoms with Gasteiger partial charge in [-0.3, -0.25) is 28.3 Å². The number of aromatic nitrogens is 2. The summed E-state index contributed by atoms with van der Waals surface area (Å²) in [6, 6.07) is 17.7. The van der Waals surface area contributed by atoms with Crippen LogP contribution in [0.25, 0.3) is 0 Å². The molecule has 0 saturated carbocycles. The first-order valence-corrected chi connectivity index (χ1v) is 30.0. The number of benzene rings is 6. The second kappa shape index (κ2) is 25.1. The fourth-order valence-corrected chi connectivity index (χ4v) is 11.7. The number of fused-ring (bicyclic) bond motifs is 4. The van der Waals surface area contributed by atoms with Crippen molar-refractivity contribution in [3.8, 4) is 0 Å². The number of hydrogen-bond donors (Lipinski definition) is 8. The summed E-state index contributed by atoms with van der Waals surface area (Å²) in [6.07, 6.45) is 0. The van der Waals surface area contributed by atoms with Crippen molar-refractivity contribution in [1.82, 2.24) is 9.97 Å². The predicted molar refractivity (Wildman–Crippen MR) is 298 cm³/mol. The molecular formula is C52H32Cl2F4N8Na2O16S4. The van der Waals surface area contributed by atoms with E-state index in [1.807, 2.05) is 0 Å². The maximum atomic E-state index is 14.0. The van der Waals surface area contributed by atoms with Crippen LogP contribution in [0.15, 0.2) is 117 Å². The largest absolute Gasteiger partial charge is 1.00 e. The van der Waals surface area contributed by atoms with Crippen LogP contribution in [0.2, 0.25) is 10.0 Å². The van der Waals surface area contributed by atoms with Crippen LogP contribution < -0.4 is 91.8 Å². The van der Waals surface area contributed by atoms with Crippen molar-refractivity contribution in [2.45, 2.75) is 33.4 Å². The van der Waals surface area contributed by atoms with E-state index < -0.39 is 162 Å². The second-order valence-corrected chi connectivity index (χ2v) is 24.7.